The molecule has 0 fully saturated rings. The van der Waals surface area contributed by atoms with E-state index in [0.717, 1.165) is 28.9 Å². The molecule has 2 nitrogen and oxygen atoms in total. The molecule has 1 unspecified atom stereocenters. The summed E-state index contributed by atoms with van der Waals surface area (Å²) in [4.78, 5) is 0. The molecule has 0 saturated carbocycles. The molecule has 1 N–H and O–H groups in total. The highest BCUT2D eigenvalue weighted by molar-refractivity contribution is 5.42. The van der Waals surface area contributed by atoms with Gasteiger partial charge in [-0.3, -0.25) is 0 Å². The first-order valence-electron chi connectivity index (χ1n) is 7.17. The summed E-state index contributed by atoms with van der Waals surface area (Å²) in [6.45, 7) is 4.10. The average molecular weight is 286 g/mol. The van der Waals surface area contributed by atoms with Gasteiger partial charge in [-0.1, -0.05) is 18.2 Å². The zero-order valence-corrected chi connectivity index (χ0v) is 12.3. The smallest absolute Gasteiger partial charge is 0.123 e. The molecule has 0 aromatic heterocycles. The number of aliphatic hydroxyl groups is 1. The lowest BCUT2D eigenvalue weighted by atomic mass is 9.96. The van der Waals surface area contributed by atoms with E-state index in [4.69, 9.17) is 4.74 Å². The Balaban J connectivity index is 1.79. The van der Waals surface area contributed by atoms with Gasteiger partial charge in [0.05, 0.1) is 6.10 Å². The molecular weight excluding hydrogens is 267 g/mol. The lowest BCUT2D eigenvalue weighted by molar-refractivity contribution is 0.138. The molecule has 1 atom stereocenters. The third-order valence-corrected chi connectivity index (χ3v) is 3.79. The van der Waals surface area contributed by atoms with E-state index in [1.807, 2.05) is 24.3 Å². The first-order valence-corrected chi connectivity index (χ1v) is 7.17. The van der Waals surface area contributed by atoms with Crippen LogP contribution in [-0.4, -0.2) is 10.7 Å². The first-order chi connectivity index (χ1) is 9.93. The maximum Gasteiger partial charge on any atom is 0.123 e. The third kappa shape index (κ3) is 3.08. The van der Waals surface area contributed by atoms with Crippen LogP contribution in [0.2, 0.25) is 0 Å². The molecule has 0 spiro atoms. The van der Waals surface area contributed by atoms with Crippen molar-refractivity contribution in [1.82, 2.24) is 0 Å². The fourth-order valence-electron chi connectivity index (χ4n) is 2.84. The molecule has 0 bridgehead atoms. The van der Waals surface area contributed by atoms with Crippen LogP contribution in [0.1, 0.15) is 36.6 Å². The van der Waals surface area contributed by atoms with Crippen molar-refractivity contribution in [3.05, 3.63) is 65.0 Å². The molecule has 3 heteroatoms. The van der Waals surface area contributed by atoms with Gasteiger partial charge in [0.15, 0.2) is 0 Å². The van der Waals surface area contributed by atoms with Crippen LogP contribution in [0.15, 0.2) is 42.5 Å². The Kier molecular flexibility index (Phi) is 3.46. The molecule has 0 amide bonds. The molecule has 2 aromatic rings. The van der Waals surface area contributed by atoms with Crippen molar-refractivity contribution in [2.75, 3.05) is 0 Å². The molecular formula is C18H19FO2. The number of rotatable bonds is 3. The fraction of sp³-hybridized carbons (Fsp3) is 0.333. The summed E-state index contributed by atoms with van der Waals surface area (Å²) < 4.78 is 19.0. The molecule has 1 aliphatic heterocycles. The van der Waals surface area contributed by atoms with Crippen LogP contribution in [0.25, 0.3) is 0 Å². The number of halogens is 1. The van der Waals surface area contributed by atoms with Gasteiger partial charge in [0.1, 0.15) is 17.2 Å². The Labute approximate surface area is 124 Å². The zero-order chi connectivity index (χ0) is 15.0. The van der Waals surface area contributed by atoms with Crippen LogP contribution in [0.3, 0.4) is 0 Å². The minimum atomic E-state index is -0.638. The molecule has 1 heterocycles. The molecule has 2 aromatic carbocycles. The number of benzene rings is 2. The SMILES string of the molecule is CC1(C)Cc2cc(C(O)Cc3cccc(F)c3)ccc2O1. The Morgan fingerprint density at radius 3 is 2.81 bits per heavy atom. The lowest BCUT2D eigenvalue weighted by Crippen LogP contribution is -2.24. The van der Waals surface area contributed by atoms with Gasteiger partial charge in [-0.2, -0.15) is 0 Å². The minimum absolute atomic E-state index is 0.186. The second kappa shape index (κ2) is 5.15. The second-order valence-electron chi connectivity index (χ2n) is 6.26. The summed E-state index contributed by atoms with van der Waals surface area (Å²) in [7, 11) is 0. The highest BCUT2D eigenvalue weighted by Gasteiger charge is 2.30. The van der Waals surface area contributed by atoms with Crippen molar-refractivity contribution in [3.63, 3.8) is 0 Å². The van der Waals surface area contributed by atoms with Gasteiger partial charge in [0.25, 0.3) is 0 Å². The molecule has 1 aliphatic rings. The van der Waals surface area contributed by atoms with Crippen molar-refractivity contribution in [2.24, 2.45) is 0 Å². The quantitative estimate of drug-likeness (QED) is 0.929. The number of hydrogen-bond acceptors (Lipinski definition) is 2. The van der Waals surface area contributed by atoms with Gasteiger partial charge in [-0.05, 0) is 54.8 Å². The molecule has 3 rings (SSSR count). The van der Waals surface area contributed by atoms with Gasteiger partial charge in [-0.25, -0.2) is 4.39 Å². The summed E-state index contributed by atoms with van der Waals surface area (Å²) in [5.74, 6) is 0.616. The fourth-order valence-corrected chi connectivity index (χ4v) is 2.84. The van der Waals surface area contributed by atoms with Gasteiger partial charge < -0.3 is 9.84 Å². The van der Waals surface area contributed by atoms with E-state index in [0.29, 0.717) is 6.42 Å². The van der Waals surface area contributed by atoms with Crippen LogP contribution < -0.4 is 4.74 Å². The maximum absolute atomic E-state index is 13.2. The van der Waals surface area contributed by atoms with Crippen molar-refractivity contribution < 1.29 is 14.2 Å². The molecule has 21 heavy (non-hydrogen) atoms. The highest BCUT2D eigenvalue weighted by atomic mass is 19.1. The number of hydrogen-bond donors (Lipinski definition) is 1. The largest absolute Gasteiger partial charge is 0.487 e. The van der Waals surface area contributed by atoms with Crippen molar-refractivity contribution in [3.8, 4) is 5.75 Å². The van der Waals surface area contributed by atoms with Gasteiger partial charge >= 0.3 is 0 Å². The Bertz CT molecular complexity index is 664. The molecule has 0 radical (unpaired) electrons. The third-order valence-electron chi connectivity index (χ3n) is 3.79. The zero-order valence-electron chi connectivity index (χ0n) is 12.3. The summed E-state index contributed by atoms with van der Waals surface area (Å²) in [5, 5.41) is 10.4. The Morgan fingerprint density at radius 1 is 1.24 bits per heavy atom. The van der Waals surface area contributed by atoms with Crippen molar-refractivity contribution in [1.29, 1.82) is 0 Å². The lowest BCUT2D eigenvalue weighted by Gasteiger charge is -2.16. The minimum Gasteiger partial charge on any atom is -0.487 e. The van der Waals surface area contributed by atoms with E-state index in [1.54, 1.807) is 6.07 Å². The van der Waals surface area contributed by atoms with Crippen molar-refractivity contribution >= 4 is 0 Å². The normalized spacial score (nSPS) is 17.1. The maximum atomic E-state index is 13.2. The topological polar surface area (TPSA) is 29.5 Å². The van der Waals surface area contributed by atoms with Gasteiger partial charge in [-0.15, -0.1) is 0 Å². The Morgan fingerprint density at radius 2 is 2.05 bits per heavy atom. The van der Waals surface area contributed by atoms with Crippen LogP contribution >= 0.6 is 0 Å². The average Bonchev–Trinajstić information content (AvgIpc) is 2.71. The van der Waals surface area contributed by atoms with E-state index in [2.05, 4.69) is 13.8 Å². The summed E-state index contributed by atoms with van der Waals surface area (Å²) in [6.07, 6.45) is 0.602. The van der Waals surface area contributed by atoms with E-state index in [1.165, 1.54) is 12.1 Å². The van der Waals surface area contributed by atoms with Gasteiger partial charge in [0.2, 0.25) is 0 Å². The summed E-state index contributed by atoms with van der Waals surface area (Å²) in [6, 6.07) is 12.1. The molecule has 0 aliphatic carbocycles. The summed E-state index contributed by atoms with van der Waals surface area (Å²) in [5.41, 5.74) is 2.57. The number of ether oxygens (including phenoxy) is 1. The number of fused-ring (bicyclic) bond motifs is 1. The highest BCUT2D eigenvalue weighted by Crippen LogP contribution is 2.36. The first kappa shape index (κ1) is 14.1. The van der Waals surface area contributed by atoms with Gasteiger partial charge in [0, 0.05) is 12.8 Å². The summed E-state index contributed by atoms with van der Waals surface area (Å²) >= 11 is 0. The van der Waals surface area contributed by atoms with E-state index in [-0.39, 0.29) is 11.4 Å². The van der Waals surface area contributed by atoms with E-state index >= 15 is 0 Å². The van der Waals surface area contributed by atoms with Crippen LogP contribution in [0.4, 0.5) is 4.39 Å². The predicted octanol–water partition coefficient (Wildman–Crippen LogP) is 3.82. The predicted molar refractivity (Wildman–Crippen MR) is 79.9 cm³/mol. The van der Waals surface area contributed by atoms with E-state index in [9.17, 15) is 9.50 Å². The van der Waals surface area contributed by atoms with E-state index < -0.39 is 6.10 Å². The Hall–Kier alpha value is -1.87. The van der Waals surface area contributed by atoms with Crippen molar-refractivity contribution in [2.45, 2.75) is 38.4 Å². The van der Waals surface area contributed by atoms with Crippen LogP contribution in [-0.2, 0) is 12.8 Å². The van der Waals surface area contributed by atoms with Crippen LogP contribution in [0, 0.1) is 5.82 Å². The molecule has 110 valence electrons. The monoisotopic (exact) mass is 286 g/mol. The standard InChI is InChI=1S/C18H19FO2/c1-18(2)11-14-10-13(6-7-17(14)21-18)16(20)9-12-4-3-5-15(19)8-12/h3-8,10,16,20H,9,11H2,1-2H3. The van der Waals surface area contributed by atoms with Crippen LogP contribution in [0.5, 0.6) is 5.75 Å². The second-order valence-corrected chi connectivity index (χ2v) is 6.26. The number of aliphatic hydroxyl groups excluding tert-OH is 1. The molecule has 0 saturated heterocycles.